The SMILES string of the molecule is CCN(CC)Cc1ccc(NC(=O)Nc2ccc(Oc3cc(NC(=O)C4CC4)ncn3)cc2)cc1C(F)(F)F. The zero-order valence-corrected chi connectivity index (χ0v) is 21.5. The Kier molecular flexibility index (Phi) is 8.65. The zero-order chi connectivity index (χ0) is 28.0. The minimum absolute atomic E-state index is 0.0245. The Bertz CT molecular complexity index is 1310. The summed E-state index contributed by atoms with van der Waals surface area (Å²) in [7, 11) is 0. The van der Waals surface area contributed by atoms with E-state index in [1.54, 1.807) is 24.3 Å². The molecule has 1 saturated carbocycles. The predicted octanol–water partition coefficient (Wildman–Crippen LogP) is 6.12. The van der Waals surface area contributed by atoms with E-state index in [0.717, 1.165) is 18.9 Å². The number of carbonyl (C=O) groups excluding carboxylic acids is 2. The lowest BCUT2D eigenvalue weighted by molar-refractivity contribution is -0.138. The van der Waals surface area contributed by atoms with Gasteiger partial charge in [0.05, 0.1) is 5.56 Å². The lowest BCUT2D eigenvalue weighted by Crippen LogP contribution is -2.24. The number of halogens is 3. The van der Waals surface area contributed by atoms with E-state index in [4.69, 9.17) is 4.74 Å². The van der Waals surface area contributed by atoms with Gasteiger partial charge in [0.1, 0.15) is 17.9 Å². The monoisotopic (exact) mass is 542 g/mol. The van der Waals surface area contributed by atoms with Crippen molar-refractivity contribution >= 4 is 29.1 Å². The highest BCUT2D eigenvalue weighted by molar-refractivity contribution is 5.99. The van der Waals surface area contributed by atoms with Crippen LogP contribution >= 0.6 is 0 Å². The maximum Gasteiger partial charge on any atom is 0.416 e. The molecule has 0 atom stereocenters. The second kappa shape index (κ2) is 12.1. The Morgan fingerprint density at radius 2 is 1.62 bits per heavy atom. The zero-order valence-electron chi connectivity index (χ0n) is 21.5. The molecule has 39 heavy (non-hydrogen) atoms. The minimum Gasteiger partial charge on any atom is -0.439 e. The van der Waals surface area contributed by atoms with Gasteiger partial charge in [-0.1, -0.05) is 19.9 Å². The highest BCUT2D eigenvalue weighted by Gasteiger charge is 2.34. The van der Waals surface area contributed by atoms with Crippen LogP contribution < -0.4 is 20.7 Å². The molecule has 1 aromatic heterocycles. The van der Waals surface area contributed by atoms with E-state index in [2.05, 4.69) is 25.9 Å². The van der Waals surface area contributed by atoms with Gasteiger partial charge in [-0.15, -0.1) is 0 Å². The molecule has 12 heteroatoms. The number of nitrogens with one attached hydrogen (secondary N) is 3. The van der Waals surface area contributed by atoms with Crippen molar-refractivity contribution in [3.63, 3.8) is 0 Å². The van der Waals surface area contributed by atoms with Gasteiger partial charge in [0, 0.05) is 29.9 Å². The van der Waals surface area contributed by atoms with E-state index >= 15 is 0 Å². The quantitative estimate of drug-likeness (QED) is 0.285. The van der Waals surface area contributed by atoms with Crippen molar-refractivity contribution in [2.75, 3.05) is 29.0 Å². The molecule has 2 aromatic carbocycles. The highest BCUT2D eigenvalue weighted by Crippen LogP contribution is 2.35. The predicted molar refractivity (Wildman–Crippen MR) is 141 cm³/mol. The number of alkyl halides is 3. The molecule has 206 valence electrons. The fourth-order valence-electron chi connectivity index (χ4n) is 3.80. The molecule has 0 unspecified atom stereocenters. The van der Waals surface area contributed by atoms with Gasteiger partial charge in [-0.3, -0.25) is 9.69 Å². The van der Waals surface area contributed by atoms with E-state index in [0.29, 0.717) is 30.3 Å². The minimum atomic E-state index is -4.56. The lowest BCUT2D eigenvalue weighted by atomic mass is 10.1. The molecule has 4 rings (SSSR count). The Labute approximate surface area is 223 Å². The summed E-state index contributed by atoms with van der Waals surface area (Å²) in [6.07, 6.45) is -1.54. The van der Waals surface area contributed by atoms with E-state index in [-0.39, 0.29) is 35.5 Å². The lowest BCUT2D eigenvalue weighted by Gasteiger charge is -2.21. The average Bonchev–Trinajstić information content (AvgIpc) is 3.74. The number of amides is 3. The first-order valence-corrected chi connectivity index (χ1v) is 12.6. The largest absolute Gasteiger partial charge is 0.439 e. The number of hydrogen-bond acceptors (Lipinski definition) is 6. The number of carbonyl (C=O) groups is 2. The standard InChI is InChI=1S/C27H29F3N6O3/c1-3-36(4-2)15-18-7-8-20(13-22(18)27(28,29)30)34-26(38)33-19-9-11-21(12-10-19)39-24-14-23(31-16-32-24)35-25(37)17-5-6-17/h7-14,16-17H,3-6,15H2,1-2H3,(H2,33,34,38)(H,31,32,35,37). The number of nitrogens with zero attached hydrogens (tertiary/aromatic N) is 3. The molecule has 1 heterocycles. The fourth-order valence-corrected chi connectivity index (χ4v) is 3.80. The van der Waals surface area contributed by atoms with Gasteiger partial charge in [-0.2, -0.15) is 13.2 Å². The summed E-state index contributed by atoms with van der Waals surface area (Å²) >= 11 is 0. The number of aromatic nitrogens is 2. The van der Waals surface area contributed by atoms with Gasteiger partial charge in [-0.25, -0.2) is 14.8 Å². The maximum atomic E-state index is 13.7. The summed E-state index contributed by atoms with van der Waals surface area (Å²) in [4.78, 5) is 34.3. The van der Waals surface area contributed by atoms with Gasteiger partial charge in [-0.05, 0) is 67.9 Å². The Hall–Kier alpha value is -4.19. The van der Waals surface area contributed by atoms with Crippen LogP contribution in [0.15, 0.2) is 54.9 Å². The van der Waals surface area contributed by atoms with Crippen molar-refractivity contribution in [2.24, 2.45) is 5.92 Å². The van der Waals surface area contributed by atoms with Crippen molar-refractivity contribution in [1.29, 1.82) is 0 Å². The molecule has 0 aliphatic heterocycles. The molecule has 3 amide bonds. The van der Waals surface area contributed by atoms with Crippen molar-refractivity contribution in [3.8, 4) is 11.6 Å². The van der Waals surface area contributed by atoms with Crippen LogP contribution in [0.3, 0.4) is 0 Å². The molecule has 0 spiro atoms. The van der Waals surface area contributed by atoms with Crippen LogP contribution in [0.4, 0.5) is 35.2 Å². The summed E-state index contributed by atoms with van der Waals surface area (Å²) < 4.78 is 46.8. The van der Waals surface area contributed by atoms with Crippen molar-refractivity contribution in [2.45, 2.75) is 39.4 Å². The third kappa shape index (κ3) is 7.90. The molecule has 1 aliphatic carbocycles. The molecule has 0 radical (unpaired) electrons. The van der Waals surface area contributed by atoms with E-state index in [9.17, 15) is 22.8 Å². The van der Waals surface area contributed by atoms with Gasteiger partial charge >= 0.3 is 12.2 Å². The maximum absolute atomic E-state index is 13.7. The Morgan fingerprint density at radius 1 is 0.949 bits per heavy atom. The van der Waals surface area contributed by atoms with Crippen LogP contribution in [0, 0.1) is 5.92 Å². The van der Waals surface area contributed by atoms with E-state index in [1.807, 2.05) is 18.7 Å². The average molecular weight is 543 g/mol. The first kappa shape index (κ1) is 27.8. The van der Waals surface area contributed by atoms with Crippen LogP contribution in [0.5, 0.6) is 11.6 Å². The summed E-state index contributed by atoms with van der Waals surface area (Å²) in [5.74, 6) is 0.919. The first-order valence-electron chi connectivity index (χ1n) is 12.6. The van der Waals surface area contributed by atoms with Crippen LogP contribution in [-0.4, -0.2) is 39.9 Å². The van der Waals surface area contributed by atoms with Crippen LogP contribution in [-0.2, 0) is 17.5 Å². The number of benzene rings is 2. The van der Waals surface area contributed by atoms with E-state index in [1.165, 1.54) is 24.5 Å². The normalized spacial score (nSPS) is 13.2. The van der Waals surface area contributed by atoms with Gasteiger partial charge in [0.25, 0.3) is 0 Å². The smallest absolute Gasteiger partial charge is 0.416 e. The van der Waals surface area contributed by atoms with Crippen LogP contribution in [0.2, 0.25) is 0 Å². The van der Waals surface area contributed by atoms with Crippen LogP contribution in [0.25, 0.3) is 0 Å². The molecule has 1 fully saturated rings. The Morgan fingerprint density at radius 3 is 2.26 bits per heavy atom. The van der Waals surface area contributed by atoms with Crippen molar-refractivity contribution in [1.82, 2.24) is 14.9 Å². The summed E-state index contributed by atoms with van der Waals surface area (Å²) in [6.45, 7) is 5.18. The molecule has 3 N–H and O–H groups in total. The third-order valence-corrected chi connectivity index (χ3v) is 6.14. The van der Waals surface area contributed by atoms with Gasteiger partial charge < -0.3 is 20.7 Å². The molecule has 0 bridgehead atoms. The third-order valence-electron chi connectivity index (χ3n) is 6.14. The van der Waals surface area contributed by atoms with Gasteiger partial charge in [0.2, 0.25) is 11.8 Å². The molecule has 0 saturated heterocycles. The number of anilines is 3. The molecular weight excluding hydrogens is 513 g/mol. The number of ether oxygens (including phenoxy) is 1. The second-order valence-corrected chi connectivity index (χ2v) is 9.04. The number of urea groups is 1. The summed E-state index contributed by atoms with van der Waals surface area (Å²) in [5, 5.41) is 7.76. The number of hydrogen-bond donors (Lipinski definition) is 3. The molecule has 9 nitrogen and oxygen atoms in total. The van der Waals surface area contributed by atoms with Gasteiger partial charge in [0.15, 0.2) is 0 Å². The number of rotatable bonds is 10. The fraction of sp³-hybridized carbons (Fsp3) is 0.333. The van der Waals surface area contributed by atoms with Crippen LogP contribution in [0.1, 0.15) is 37.8 Å². The molecule has 3 aromatic rings. The topological polar surface area (TPSA) is 108 Å². The van der Waals surface area contributed by atoms with E-state index < -0.39 is 17.8 Å². The summed E-state index contributed by atoms with van der Waals surface area (Å²) in [5.41, 5.74) is -0.215. The van der Waals surface area contributed by atoms with Crippen molar-refractivity contribution < 1.29 is 27.5 Å². The molecular formula is C27H29F3N6O3. The first-order chi connectivity index (χ1) is 18.6. The summed E-state index contributed by atoms with van der Waals surface area (Å²) in [6, 6.07) is 10.9. The Balaban J connectivity index is 1.35. The second-order valence-electron chi connectivity index (χ2n) is 9.04. The highest BCUT2D eigenvalue weighted by atomic mass is 19.4. The van der Waals surface area contributed by atoms with Crippen molar-refractivity contribution in [3.05, 3.63) is 66.0 Å². The molecule has 1 aliphatic rings.